The van der Waals surface area contributed by atoms with Gasteiger partial charge in [0.1, 0.15) is 5.82 Å². The van der Waals surface area contributed by atoms with Crippen molar-refractivity contribution < 1.29 is 12.8 Å². The second-order valence-electron chi connectivity index (χ2n) is 5.39. The van der Waals surface area contributed by atoms with Crippen LogP contribution in [0.2, 0.25) is 0 Å². The lowest BCUT2D eigenvalue weighted by Gasteiger charge is -2.23. The van der Waals surface area contributed by atoms with E-state index in [-0.39, 0.29) is 17.6 Å². The monoisotopic (exact) mass is 300 g/mol. The molecule has 1 aliphatic rings. The predicted molar refractivity (Wildman–Crippen MR) is 77.0 cm³/mol. The maximum absolute atomic E-state index is 12.8. The molecule has 0 heterocycles. The lowest BCUT2D eigenvalue weighted by atomic mass is 9.99. The number of rotatable bonds is 6. The molecule has 1 fully saturated rings. The van der Waals surface area contributed by atoms with E-state index in [2.05, 4.69) is 4.72 Å². The molecule has 0 amide bonds. The summed E-state index contributed by atoms with van der Waals surface area (Å²) in [6.45, 7) is 0.313. The van der Waals surface area contributed by atoms with E-state index in [0.29, 0.717) is 18.0 Å². The van der Waals surface area contributed by atoms with Gasteiger partial charge in [0.2, 0.25) is 10.0 Å². The van der Waals surface area contributed by atoms with Gasteiger partial charge < -0.3 is 5.73 Å². The number of nitrogens with two attached hydrogens (primary N) is 1. The third-order valence-electron chi connectivity index (χ3n) is 3.82. The average Bonchev–Trinajstić information content (AvgIpc) is 2.92. The van der Waals surface area contributed by atoms with E-state index >= 15 is 0 Å². The summed E-state index contributed by atoms with van der Waals surface area (Å²) in [6, 6.07) is 5.32. The summed E-state index contributed by atoms with van der Waals surface area (Å²) in [5.41, 5.74) is 6.27. The zero-order chi connectivity index (χ0) is 14.6. The Hall–Kier alpha value is -0.980. The second-order valence-corrected chi connectivity index (χ2v) is 7.14. The van der Waals surface area contributed by atoms with Crippen LogP contribution in [0.5, 0.6) is 0 Å². The Morgan fingerprint density at radius 2 is 1.85 bits per heavy atom. The molecular weight excluding hydrogens is 279 g/mol. The fourth-order valence-electron chi connectivity index (χ4n) is 2.77. The van der Waals surface area contributed by atoms with Crippen LogP contribution in [0.4, 0.5) is 4.39 Å². The van der Waals surface area contributed by atoms with E-state index in [9.17, 15) is 12.8 Å². The molecule has 112 valence electrons. The highest BCUT2D eigenvalue weighted by Crippen LogP contribution is 2.27. The largest absolute Gasteiger partial charge is 0.329 e. The molecule has 0 saturated heterocycles. The normalized spacial score (nSPS) is 18.3. The van der Waals surface area contributed by atoms with Crippen molar-refractivity contribution in [2.24, 2.45) is 11.7 Å². The van der Waals surface area contributed by atoms with Gasteiger partial charge in [0, 0.05) is 12.6 Å². The third-order valence-corrected chi connectivity index (χ3v) is 5.20. The number of benzene rings is 1. The van der Waals surface area contributed by atoms with Crippen LogP contribution in [0.3, 0.4) is 0 Å². The molecule has 1 aromatic rings. The standard InChI is InChI=1S/C14H21FN2O2S/c15-13-7-5-11(6-8-13)10-20(18,19)17-14(9-16)12-3-1-2-4-12/h5-8,12,14,17H,1-4,9-10,16H2. The fraction of sp³-hybridized carbons (Fsp3) is 0.571. The SMILES string of the molecule is NCC(NS(=O)(=O)Cc1ccc(F)cc1)C1CCCC1. The second kappa shape index (κ2) is 6.65. The van der Waals surface area contributed by atoms with Crippen molar-refractivity contribution >= 4 is 10.0 Å². The summed E-state index contributed by atoms with van der Waals surface area (Å²) in [7, 11) is -3.45. The van der Waals surface area contributed by atoms with Crippen LogP contribution in [0.15, 0.2) is 24.3 Å². The molecular formula is C14H21FN2O2S. The van der Waals surface area contributed by atoms with Crippen molar-refractivity contribution in [2.75, 3.05) is 6.54 Å². The topological polar surface area (TPSA) is 72.2 Å². The molecule has 1 unspecified atom stereocenters. The number of nitrogens with one attached hydrogen (secondary N) is 1. The van der Waals surface area contributed by atoms with Crippen LogP contribution < -0.4 is 10.5 Å². The molecule has 0 aromatic heterocycles. The highest BCUT2D eigenvalue weighted by atomic mass is 32.2. The van der Waals surface area contributed by atoms with E-state index in [0.717, 1.165) is 25.7 Å². The molecule has 2 rings (SSSR count). The van der Waals surface area contributed by atoms with Gasteiger partial charge in [-0.15, -0.1) is 0 Å². The number of halogens is 1. The van der Waals surface area contributed by atoms with Crippen molar-refractivity contribution in [3.63, 3.8) is 0 Å². The average molecular weight is 300 g/mol. The Balaban J connectivity index is 2.00. The molecule has 3 N–H and O–H groups in total. The molecule has 20 heavy (non-hydrogen) atoms. The molecule has 1 saturated carbocycles. The first-order valence-electron chi connectivity index (χ1n) is 6.95. The first-order valence-corrected chi connectivity index (χ1v) is 8.60. The predicted octanol–water partition coefficient (Wildman–Crippen LogP) is 1.76. The van der Waals surface area contributed by atoms with Crippen LogP contribution in [0.25, 0.3) is 0 Å². The van der Waals surface area contributed by atoms with E-state index < -0.39 is 10.0 Å². The Bertz CT molecular complexity index is 525. The minimum absolute atomic E-state index is 0.142. The third kappa shape index (κ3) is 4.26. The van der Waals surface area contributed by atoms with E-state index in [4.69, 9.17) is 5.73 Å². The van der Waals surface area contributed by atoms with E-state index in [1.165, 1.54) is 24.3 Å². The van der Waals surface area contributed by atoms with Gasteiger partial charge in [0.05, 0.1) is 5.75 Å². The fourth-order valence-corrected chi connectivity index (χ4v) is 4.23. The lowest BCUT2D eigenvalue weighted by molar-refractivity contribution is 0.405. The van der Waals surface area contributed by atoms with Gasteiger partial charge >= 0.3 is 0 Å². The smallest absolute Gasteiger partial charge is 0.216 e. The Morgan fingerprint density at radius 3 is 2.40 bits per heavy atom. The van der Waals surface area contributed by atoms with Gasteiger partial charge in [-0.25, -0.2) is 17.5 Å². The Kier molecular flexibility index (Phi) is 5.12. The van der Waals surface area contributed by atoms with Gasteiger partial charge in [0.15, 0.2) is 0 Å². The first-order chi connectivity index (χ1) is 9.50. The molecule has 1 atom stereocenters. The molecule has 0 radical (unpaired) electrons. The molecule has 0 bridgehead atoms. The van der Waals surface area contributed by atoms with Crippen molar-refractivity contribution in [3.8, 4) is 0 Å². The van der Waals surface area contributed by atoms with Crippen LogP contribution in [-0.2, 0) is 15.8 Å². The maximum Gasteiger partial charge on any atom is 0.216 e. The highest BCUT2D eigenvalue weighted by Gasteiger charge is 2.27. The van der Waals surface area contributed by atoms with Gasteiger partial charge in [-0.1, -0.05) is 25.0 Å². The number of hydrogen-bond acceptors (Lipinski definition) is 3. The summed E-state index contributed by atoms with van der Waals surface area (Å²) >= 11 is 0. The minimum atomic E-state index is -3.45. The summed E-state index contributed by atoms with van der Waals surface area (Å²) < 4.78 is 39.8. The summed E-state index contributed by atoms with van der Waals surface area (Å²) in [5, 5.41) is 0. The van der Waals surface area contributed by atoms with Crippen LogP contribution >= 0.6 is 0 Å². The maximum atomic E-state index is 12.8. The lowest BCUT2D eigenvalue weighted by Crippen LogP contribution is -2.44. The first kappa shape index (κ1) is 15.4. The zero-order valence-corrected chi connectivity index (χ0v) is 12.2. The quantitative estimate of drug-likeness (QED) is 0.841. The minimum Gasteiger partial charge on any atom is -0.329 e. The van der Waals surface area contributed by atoms with Gasteiger partial charge in [-0.2, -0.15) is 0 Å². The summed E-state index contributed by atoms with van der Waals surface area (Å²) in [6.07, 6.45) is 4.34. The molecule has 1 aliphatic carbocycles. The molecule has 4 nitrogen and oxygen atoms in total. The van der Waals surface area contributed by atoms with Crippen LogP contribution in [0.1, 0.15) is 31.2 Å². The van der Waals surface area contributed by atoms with Crippen molar-refractivity contribution in [1.82, 2.24) is 4.72 Å². The van der Waals surface area contributed by atoms with E-state index in [1.807, 2.05) is 0 Å². The van der Waals surface area contributed by atoms with E-state index in [1.54, 1.807) is 0 Å². The van der Waals surface area contributed by atoms with Crippen molar-refractivity contribution in [1.29, 1.82) is 0 Å². The van der Waals surface area contributed by atoms with Gasteiger partial charge in [-0.05, 0) is 36.5 Å². The van der Waals surface area contributed by atoms with Gasteiger partial charge in [-0.3, -0.25) is 0 Å². The Labute approximate surface area is 119 Å². The van der Waals surface area contributed by atoms with Crippen LogP contribution in [-0.4, -0.2) is 21.0 Å². The molecule has 1 aromatic carbocycles. The van der Waals surface area contributed by atoms with Crippen LogP contribution in [0, 0.1) is 11.7 Å². The molecule has 0 aliphatic heterocycles. The molecule has 0 spiro atoms. The van der Waals surface area contributed by atoms with Crippen molar-refractivity contribution in [2.45, 2.75) is 37.5 Å². The number of sulfonamides is 1. The summed E-state index contributed by atoms with van der Waals surface area (Å²) in [5.74, 6) is -0.177. The molecule has 6 heteroatoms. The zero-order valence-electron chi connectivity index (χ0n) is 11.4. The van der Waals surface area contributed by atoms with Crippen molar-refractivity contribution in [3.05, 3.63) is 35.6 Å². The Morgan fingerprint density at radius 1 is 1.25 bits per heavy atom. The van der Waals surface area contributed by atoms with Gasteiger partial charge in [0.25, 0.3) is 0 Å². The summed E-state index contributed by atoms with van der Waals surface area (Å²) in [4.78, 5) is 0. The number of hydrogen-bond donors (Lipinski definition) is 2. The highest BCUT2D eigenvalue weighted by molar-refractivity contribution is 7.88.